The van der Waals surface area contributed by atoms with Crippen LogP contribution >= 0.6 is 39.0 Å². The Kier molecular flexibility index (Phi) is 4.08. The van der Waals surface area contributed by atoms with Crippen LogP contribution in [-0.4, -0.2) is 11.4 Å². The molecular formula is C12H11BrOS2. The summed E-state index contributed by atoms with van der Waals surface area (Å²) in [6, 6.07) is 9.97. The molecule has 1 N–H and O–H groups in total. The van der Waals surface area contributed by atoms with Gasteiger partial charge in [0, 0.05) is 9.37 Å². The van der Waals surface area contributed by atoms with Gasteiger partial charge in [0.05, 0.1) is 4.88 Å². The van der Waals surface area contributed by atoms with Crippen LogP contribution in [0.1, 0.15) is 16.5 Å². The average Bonchev–Trinajstić information content (AvgIpc) is 2.75. The van der Waals surface area contributed by atoms with E-state index < -0.39 is 6.10 Å². The zero-order valence-electron chi connectivity index (χ0n) is 8.68. The molecule has 2 aromatic rings. The lowest BCUT2D eigenvalue weighted by atomic mass is 10.1. The number of hydrogen-bond acceptors (Lipinski definition) is 3. The van der Waals surface area contributed by atoms with Crippen molar-refractivity contribution in [1.82, 2.24) is 0 Å². The van der Waals surface area contributed by atoms with E-state index in [2.05, 4.69) is 15.9 Å². The maximum atomic E-state index is 10.2. The molecule has 1 unspecified atom stereocenters. The van der Waals surface area contributed by atoms with Crippen molar-refractivity contribution in [3.05, 3.63) is 50.6 Å². The molecule has 1 aromatic heterocycles. The Morgan fingerprint density at radius 2 is 1.94 bits per heavy atom. The second-order valence-corrected chi connectivity index (χ2v) is 5.99. The first kappa shape index (κ1) is 12.2. The number of thioether (sulfide) groups is 1. The molecule has 16 heavy (non-hydrogen) atoms. The molecule has 0 aliphatic rings. The van der Waals surface area contributed by atoms with E-state index in [1.54, 1.807) is 23.1 Å². The number of aliphatic hydroxyl groups is 1. The summed E-state index contributed by atoms with van der Waals surface area (Å²) in [7, 11) is 0. The molecule has 0 amide bonds. The Morgan fingerprint density at radius 1 is 1.25 bits per heavy atom. The molecule has 0 aliphatic heterocycles. The highest BCUT2D eigenvalue weighted by atomic mass is 79.9. The van der Waals surface area contributed by atoms with Crippen LogP contribution in [0.15, 0.2) is 45.1 Å². The number of aliphatic hydroxyl groups excluding tert-OH is 1. The Morgan fingerprint density at radius 3 is 2.44 bits per heavy atom. The van der Waals surface area contributed by atoms with Gasteiger partial charge in [0.1, 0.15) is 6.10 Å². The van der Waals surface area contributed by atoms with Crippen molar-refractivity contribution >= 4 is 39.0 Å². The fraction of sp³-hybridized carbons (Fsp3) is 0.167. The van der Waals surface area contributed by atoms with E-state index >= 15 is 0 Å². The Labute approximate surface area is 112 Å². The van der Waals surface area contributed by atoms with Crippen molar-refractivity contribution in [2.45, 2.75) is 11.0 Å². The van der Waals surface area contributed by atoms with Crippen LogP contribution in [0, 0.1) is 0 Å². The fourth-order valence-corrected chi connectivity index (χ4v) is 3.45. The van der Waals surface area contributed by atoms with Gasteiger partial charge in [-0.15, -0.1) is 23.1 Å². The van der Waals surface area contributed by atoms with Crippen LogP contribution in [0.4, 0.5) is 0 Å². The van der Waals surface area contributed by atoms with Gasteiger partial charge >= 0.3 is 0 Å². The van der Waals surface area contributed by atoms with E-state index in [4.69, 9.17) is 0 Å². The van der Waals surface area contributed by atoms with Crippen LogP contribution in [-0.2, 0) is 0 Å². The highest BCUT2D eigenvalue weighted by Crippen LogP contribution is 2.33. The van der Waals surface area contributed by atoms with E-state index in [1.165, 1.54) is 4.90 Å². The zero-order valence-corrected chi connectivity index (χ0v) is 11.9. The second-order valence-electron chi connectivity index (χ2n) is 3.31. The maximum absolute atomic E-state index is 10.2. The van der Waals surface area contributed by atoms with Crippen molar-refractivity contribution in [3.63, 3.8) is 0 Å². The number of benzene rings is 1. The van der Waals surface area contributed by atoms with Crippen LogP contribution in [0.3, 0.4) is 0 Å². The second kappa shape index (κ2) is 5.36. The van der Waals surface area contributed by atoms with Gasteiger partial charge in [0.15, 0.2) is 0 Å². The van der Waals surface area contributed by atoms with Crippen LogP contribution < -0.4 is 0 Å². The third-order valence-corrected chi connectivity index (χ3v) is 4.99. The number of hydrogen-bond donors (Lipinski definition) is 1. The van der Waals surface area contributed by atoms with Gasteiger partial charge in [0.25, 0.3) is 0 Å². The maximum Gasteiger partial charge on any atom is 0.114 e. The quantitative estimate of drug-likeness (QED) is 0.852. The van der Waals surface area contributed by atoms with Gasteiger partial charge < -0.3 is 5.11 Å². The van der Waals surface area contributed by atoms with Gasteiger partial charge in [-0.3, -0.25) is 0 Å². The highest BCUT2D eigenvalue weighted by Gasteiger charge is 2.14. The lowest BCUT2D eigenvalue weighted by Gasteiger charge is -2.10. The van der Waals surface area contributed by atoms with E-state index in [-0.39, 0.29) is 0 Å². The molecule has 0 saturated heterocycles. The smallest absolute Gasteiger partial charge is 0.114 e. The molecule has 0 fully saturated rings. The van der Waals surface area contributed by atoms with Crippen molar-refractivity contribution in [2.75, 3.05) is 6.26 Å². The van der Waals surface area contributed by atoms with E-state index in [9.17, 15) is 5.11 Å². The molecule has 0 spiro atoms. The molecule has 4 heteroatoms. The van der Waals surface area contributed by atoms with Gasteiger partial charge in [-0.1, -0.05) is 12.1 Å². The standard InChI is InChI=1S/C12H11BrOS2/c1-15-9-4-2-8(3-5-9)11(14)12-10(13)6-7-16-12/h2-7,11,14H,1H3. The average molecular weight is 315 g/mol. The predicted molar refractivity (Wildman–Crippen MR) is 74.3 cm³/mol. The summed E-state index contributed by atoms with van der Waals surface area (Å²) in [6.45, 7) is 0. The fourth-order valence-electron chi connectivity index (χ4n) is 1.44. The minimum absolute atomic E-state index is 0.537. The van der Waals surface area contributed by atoms with Crippen LogP contribution in [0.5, 0.6) is 0 Å². The summed E-state index contributed by atoms with van der Waals surface area (Å²) >= 11 is 6.70. The zero-order chi connectivity index (χ0) is 11.5. The Balaban J connectivity index is 2.27. The van der Waals surface area contributed by atoms with Gasteiger partial charge in [-0.2, -0.15) is 0 Å². The summed E-state index contributed by atoms with van der Waals surface area (Å²) in [5, 5.41) is 12.2. The third-order valence-electron chi connectivity index (χ3n) is 2.32. The Hall–Kier alpha value is -0.290. The van der Waals surface area contributed by atoms with E-state index in [0.717, 1.165) is 14.9 Å². The first-order chi connectivity index (χ1) is 7.72. The molecule has 0 aliphatic carbocycles. The predicted octanol–water partition coefficient (Wildman–Crippen LogP) is 4.31. The summed E-state index contributed by atoms with van der Waals surface area (Å²) < 4.78 is 0.971. The minimum atomic E-state index is -0.537. The monoisotopic (exact) mass is 314 g/mol. The topological polar surface area (TPSA) is 20.2 Å². The lowest BCUT2D eigenvalue weighted by Crippen LogP contribution is -1.97. The van der Waals surface area contributed by atoms with Crippen molar-refractivity contribution in [3.8, 4) is 0 Å². The number of thiophene rings is 1. The first-order valence-electron chi connectivity index (χ1n) is 4.77. The van der Waals surface area contributed by atoms with E-state index in [1.807, 2.05) is 42.0 Å². The van der Waals surface area contributed by atoms with Crippen molar-refractivity contribution < 1.29 is 5.11 Å². The first-order valence-corrected chi connectivity index (χ1v) is 7.67. The largest absolute Gasteiger partial charge is 0.383 e. The van der Waals surface area contributed by atoms with Gasteiger partial charge in [-0.25, -0.2) is 0 Å². The molecule has 0 saturated carbocycles. The van der Waals surface area contributed by atoms with Gasteiger partial charge in [-0.05, 0) is 51.3 Å². The minimum Gasteiger partial charge on any atom is -0.383 e. The van der Waals surface area contributed by atoms with E-state index in [0.29, 0.717) is 0 Å². The lowest BCUT2D eigenvalue weighted by molar-refractivity contribution is 0.223. The Bertz CT molecular complexity index is 464. The summed E-state index contributed by atoms with van der Waals surface area (Å²) in [6.07, 6.45) is 1.51. The number of rotatable bonds is 3. The highest BCUT2D eigenvalue weighted by molar-refractivity contribution is 9.10. The molecule has 0 bridgehead atoms. The molecule has 84 valence electrons. The van der Waals surface area contributed by atoms with Crippen LogP contribution in [0.25, 0.3) is 0 Å². The molecular weight excluding hydrogens is 304 g/mol. The summed E-state index contributed by atoms with van der Waals surface area (Å²) in [4.78, 5) is 2.16. The molecule has 2 rings (SSSR count). The molecule has 0 radical (unpaired) electrons. The molecule has 1 aromatic carbocycles. The van der Waals surface area contributed by atoms with Crippen molar-refractivity contribution in [1.29, 1.82) is 0 Å². The molecule has 1 nitrogen and oxygen atoms in total. The third kappa shape index (κ3) is 2.51. The summed E-state index contributed by atoms with van der Waals surface area (Å²) in [5.74, 6) is 0. The SMILES string of the molecule is CSc1ccc(C(O)c2sccc2Br)cc1. The molecule has 1 heterocycles. The van der Waals surface area contributed by atoms with Crippen LogP contribution in [0.2, 0.25) is 0 Å². The normalized spacial score (nSPS) is 12.7. The molecule has 1 atom stereocenters. The van der Waals surface area contributed by atoms with Gasteiger partial charge in [0.2, 0.25) is 0 Å². The number of halogens is 1. The summed E-state index contributed by atoms with van der Waals surface area (Å²) in [5.41, 5.74) is 0.931. The van der Waals surface area contributed by atoms with Crippen molar-refractivity contribution in [2.24, 2.45) is 0 Å².